The van der Waals surface area contributed by atoms with Crippen LogP contribution in [0.3, 0.4) is 0 Å². The summed E-state index contributed by atoms with van der Waals surface area (Å²) in [4.78, 5) is 15.1. The number of hydrogen-bond donors (Lipinski definition) is 3. The Balaban J connectivity index is 1.70. The van der Waals surface area contributed by atoms with E-state index in [1.165, 1.54) is 0 Å². The molecular formula is C16H15N3O2. The summed E-state index contributed by atoms with van der Waals surface area (Å²) in [6, 6.07) is 14.6. The smallest absolute Gasteiger partial charge is 0.323 e. The first-order valence-electron chi connectivity index (χ1n) is 6.54. The standard InChI is InChI=1S/C16H15N3O2/c1-21-14-4-2-3-12(10-14)18-16(20)19-13-5-6-15-11(9-13)7-8-17-15/h2-10,17H,1H3,(H2,18,19,20). The molecule has 0 atom stereocenters. The second kappa shape index (κ2) is 5.58. The fourth-order valence-corrected chi connectivity index (χ4v) is 2.13. The first-order chi connectivity index (χ1) is 10.2. The van der Waals surface area contributed by atoms with Gasteiger partial charge in [-0.1, -0.05) is 6.07 Å². The zero-order valence-corrected chi connectivity index (χ0v) is 11.5. The van der Waals surface area contributed by atoms with Gasteiger partial charge in [0, 0.05) is 34.5 Å². The van der Waals surface area contributed by atoms with Gasteiger partial charge in [0.05, 0.1) is 7.11 Å². The van der Waals surface area contributed by atoms with Crippen LogP contribution >= 0.6 is 0 Å². The number of ether oxygens (including phenoxy) is 1. The molecule has 0 aliphatic carbocycles. The van der Waals surface area contributed by atoms with Gasteiger partial charge in [0.25, 0.3) is 0 Å². The van der Waals surface area contributed by atoms with Gasteiger partial charge < -0.3 is 20.4 Å². The maximum atomic E-state index is 12.0. The van der Waals surface area contributed by atoms with Crippen molar-refractivity contribution in [3.05, 3.63) is 54.7 Å². The van der Waals surface area contributed by atoms with Gasteiger partial charge >= 0.3 is 6.03 Å². The maximum Gasteiger partial charge on any atom is 0.323 e. The van der Waals surface area contributed by atoms with Crippen LogP contribution in [0.25, 0.3) is 10.9 Å². The Morgan fingerprint density at radius 3 is 2.67 bits per heavy atom. The van der Waals surface area contributed by atoms with Gasteiger partial charge in [0.2, 0.25) is 0 Å². The Hall–Kier alpha value is -2.95. The highest BCUT2D eigenvalue weighted by Gasteiger charge is 2.04. The Morgan fingerprint density at radius 1 is 1.05 bits per heavy atom. The summed E-state index contributed by atoms with van der Waals surface area (Å²) >= 11 is 0. The van der Waals surface area contributed by atoms with E-state index in [0.717, 1.165) is 16.6 Å². The third-order valence-electron chi connectivity index (χ3n) is 3.14. The number of hydrogen-bond acceptors (Lipinski definition) is 2. The molecule has 0 saturated heterocycles. The zero-order valence-electron chi connectivity index (χ0n) is 11.5. The number of benzene rings is 2. The molecule has 1 aromatic heterocycles. The largest absolute Gasteiger partial charge is 0.497 e. The third-order valence-corrected chi connectivity index (χ3v) is 3.14. The molecule has 3 rings (SSSR count). The summed E-state index contributed by atoms with van der Waals surface area (Å²) in [6.45, 7) is 0. The summed E-state index contributed by atoms with van der Waals surface area (Å²) < 4.78 is 5.12. The Morgan fingerprint density at radius 2 is 1.86 bits per heavy atom. The average Bonchev–Trinajstić information content (AvgIpc) is 2.95. The van der Waals surface area contributed by atoms with Crippen LogP contribution in [0.1, 0.15) is 0 Å². The van der Waals surface area contributed by atoms with Gasteiger partial charge in [-0.05, 0) is 36.4 Å². The van der Waals surface area contributed by atoms with Crippen molar-refractivity contribution in [2.24, 2.45) is 0 Å². The van der Waals surface area contributed by atoms with Crippen molar-refractivity contribution in [1.29, 1.82) is 0 Å². The second-order valence-corrected chi connectivity index (χ2v) is 4.59. The fourth-order valence-electron chi connectivity index (χ4n) is 2.13. The van der Waals surface area contributed by atoms with E-state index in [2.05, 4.69) is 15.6 Å². The molecule has 0 bridgehead atoms. The molecule has 0 saturated carbocycles. The summed E-state index contributed by atoms with van der Waals surface area (Å²) in [7, 11) is 1.59. The molecule has 0 spiro atoms. The minimum atomic E-state index is -0.293. The van der Waals surface area contributed by atoms with Crippen LogP contribution in [0.15, 0.2) is 54.7 Å². The molecule has 106 valence electrons. The van der Waals surface area contributed by atoms with Crippen LogP contribution in [-0.4, -0.2) is 18.1 Å². The van der Waals surface area contributed by atoms with E-state index in [1.54, 1.807) is 19.2 Å². The molecule has 5 heteroatoms. The molecule has 0 radical (unpaired) electrons. The number of methoxy groups -OCH3 is 1. The van der Waals surface area contributed by atoms with Crippen molar-refractivity contribution >= 4 is 28.3 Å². The van der Waals surface area contributed by atoms with Gasteiger partial charge in [-0.25, -0.2) is 4.79 Å². The molecule has 0 unspecified atom stereocenters. The molecule has 1 heterocycles. The average molecular weight is 281 g/mol. The summed E-state index contributed by atoms with van der Waals surface area (Å²) in [6.07, 6.45) is 1.87. The van der Waals surface area contributed by atoms with E-state index in [1.807, 2.05) is 42.6 Å². The number of H-pyrrole nitrogens is 1. The molecule has 0 aliphatic rings. The van der Waals surface area contributed by atoms with Crippen LogP contribution in [0.4, 0.5) is 16.2 Å². The number of carbonyl (C=O) groups excluding carboxylic acids is 1. The van der Waals surface area contributed by atoms with Crippen molar-refractivity contribution in [3.63, 3.8) is 0 Å². The van der Waals surface area contributed by atoms with Crippen LogP contribution in [0.2, 0.25) is 0 Å². The molecule has 2 amide bonds. The number of fused-ring (bicyclic) bond motifs is 1. The Bertz CT molecular complexity index is 780. The van der Waals surface area contributed by atoms with Gasteiger partial charge in [0.1, 0.15) is 5.75 Å². The van der Waals surface area contributed by atoms with E-state index >= 15 is 0 Å². The van der Waals surface area contributed by atoms with Crippen molar-refractivity contribution in [2.45, 2.75) is 0 Å². The number of amides is 2. The Labute approximate surface area is 121 Å². The Kier molecular flexibility index (Phi) is 3.47. The van der Waals surface area contributed by atoms with E-state index in [-0.39, 0.29) is 6.03 Å². The predicted molar refractivity (Wildman–Crippen MR) is 83.9 cm³/mol. The number of carbonyl (C=O) groups is 1. The molecule has 3 aromatic rings. The predicted octanol–water partition coefficient (Wildman–Crippen LogP) is 3.82. The topological polar surface area (TPSA) is 66.2 Å². The first kappa shape index (κ1) is 13.1. The van der Waals surface area contributed by atoms with Gasteiger partial charge in [-0.15, -0.1) is 0 Å². The lowest BCUT2D eigenvalue weighted by Crippen LogP contribution is -2.19. The summed E-state index contributed by atoms with van der Waals surface area (Å²) in [5.41, 5.74) is 2.45. The zero-order chi connectivity index (χ0) is 14.7. The van der Waals surface area contributed by atoms with Gasteiger partial charge in [-0.3, -0.25) is 0 Å². The number of aromatic nitrogens is 1. The van der Waals surface area contributed by atoms with Crippen molar-refractivity contribution in [3.8, 4) is 5.75 Å². The number of rotatable bonds is 3. The fraction of sp³-hybridized carbons (Fsp3) is 0.0625. The molecular weight excluding hydrogens is 266 g/mol. The van der Waals surface area contributed by atoms with E-state index < -0.39 is 0 Å². The minimum absolute atomic E-state index is 0.293. The lowest BCUT2D eigenvalue weighted by atomic mass is 10.2. The van der Waals surface area contributed by atoms with E-state index in [9.17, 15) is 4.79 Å². The number of aromatic amines is 1. The van der Waals surface area contributed by atoms with Crippen molar-refractivity contribution in [2.75, 3.05) is 17.7 Å². The third kappa shape index (κ3) is 2.97. The molecule has 21 heavy (non-hydrogen) atoms. The normalized spacial score (nSPS) is 10.3. The van der Waals surface area contributed by atoms with Gasteiger partial charge in [0.15, 0.2) is 0 Å². The van der Waals surface area contributed by atoms with Crippen LogP contribution in [-0.2, 0) is 0 Å². The minimum Gasteiger partial charge on any atom is -0.497 e. The quantitative estimate of drug-likeness (QED) is 0.683. The molecule has 2 aromatic carbocycles. The van der Waals surface area contributed by atoms with E-state index in [0.29, 0.717) is 11.4 Å². The lowest BCUT2D eigenvalue weighted by molar-refractivity contribution is 0.262. The number of anilines is 2. The highest BCUT2D eigenvalue weighted by molar-refractivity contribution is 6.01. The SMILES string of the molecule is COc1cccc(NC(=O)Nc2ccc3[nH]ccc3c2)c1. The first-order valence-corrected chi connectivity index (χ1v) is 6.54. The number of nitrogens with one attached hydrogen (secondary N) is 3. The highest BCUT2D eigenvalue weighted by atomic mass is 16.5. The van der Waals surface area contributed by atoms with Gasteiger partial charge in [-0.2, -0.15) is 0 Å². The maximum absolute atomic E-state index is 12.0. The highest BCUT2D eigenvalue weighted by Crippen LogP contribution is 2.19. The van der Waals surface area contributed by atoms with Crippen LogP contribution in [0, 0.1) is 0 Å². The van der Waals surface area contributed by atoms with Crippen molar-refractivity contribution in [1.82, 2.24) is 4.98 Å². The summed E-state index contributed by atoms with van der Waals surface area (Å²) in [5, 5.41) is 6.62. The molecule has 0 aliphatic heterocycles. The van der Waals surface area contributed by atoms with Crippen molar-refractivity contribution < 1.29 is 9.53 Å². The molecule has 0 fully saturated rings. The van der Waals surface area contributed by atoms with Crippen LogP contribution < -0.4 is 15.4 Å². The molecule has 3 N–H and O–H groups in total. The second-order valence-electron chi connectivity index (χ2n) is 4.59. The number of urea groups is 1. The van der Waals surface area contributed by atoms with E-state index in [4.69, 9.17) is 4.74 Å². The monoisotopic (exact) mass is 281 g/mol. The lowest BCUT2D eigenvalue weighted by Gasteiger charge is -2.09. The summed E-state index contributed by atoms with van der Waals surface area (Å²) in [5.74, 6) is 0.696. The van der Waals surface area contributed by atoms with Crippen LogP contribution in [0.5, 0.6) is 5.75 Å². The molecule has 5 nitrogen and oxygen atoms in total.